The number of benzene rings is 1. The maximum Gasteiger partial charge on any atom is 0.295 e. The molecule has 2 fully saturated rings. The van der Waals surface area contributed by atoms with Crippen molar-refractivity contribution in [1.29, 1.82) is 0 Å². The van der Waals surface area contributed by atoms with Gasteiger partial charge >= 0.3 is 0 Å². The highest BCUT2D eigenvalue weighted by Gasteiger charge is 2.49. The molecular formula is C26H29NO3S. The van der Waals surface area contributed by atoms with Crippen molar-refractivity contribution < 1.29 is 14.7 Å². The van der Waals surface area contributed by atoms with Crippen LogP contribution in [0.15, 0.2) is 35.2 Å². The predicted molar refractivity (Wildman–Crippen MR) is 123 cm³/mol. The molecule has 0 spiro atoms. The maximum atomic E-state index is 13.3. The Morgan fingerprint density at radius 1 is 1.00 bits per heavy atom. The first-order valence-corrected chi connectivity index (χ1v) is 12.4. The lowest BCUT2D eigenvalue weighted by molar-refractivity contribution is -0.141. The fourth-order valence-electron chi connectivity index (χ4n) is 5.54. The second-order valence-electron chi connectivity index (χ2n) is 9.16. The highest BCUT2D eigenvalue weighted by Crippen LogP contribution is 2.45. The number of ketones is 1. The zero-order chi connectivity index (χ0) is 21.5. The molecule has 3 aliphatic rings. The minimum atomic E-state index is -0.543. The molecule has 31 heavy (non-hydrogen) atoms. The Balaban J connectivity index is 1.64. The zero-order valence-corrected chi connectivity index (χ0v) is 18.8. The fraction of sp³-hybridized carbons (Fsp3) is 0.462. The van der Waals surface area contributed by atoms with Gasteiger partial charge in [0.15, 0.2) is 0 Å². The largest absolute Gasteiger partial charge is 0.507 e. The van der Waals surface area contributed by atoms with Crippen molar-refractivity contribution in [2.75, 3.05) is 0 Å². The van der Waals surface area contributed by atoms with Gasteiger partial charge in [0, 0.05) is 16.5 Å². The number of carbonyl (C=O) groups excluding carboxylic acids is 2. The summed E-state index contributed by atoms with van der Waals surface area (Å²) in [6, 6.07) is 7.61. The van der Waals surface area contributed by atoms with Gasteiger partial charge in [-0.15, -0.1) is 11.3 Å². The van der Waals surface area contributed by atoms with Crippen molar-refractivity contribution in [1.82, 2.24) is 4.90 Å². The van der Waals surface area contributed by atoms with Gasteiger partial charge in [0.05, 0.1) is 5.57 Å². The number of aryl methyl sites for hydroxylation is 3. The van der Waals surface area contributed by atoms with Crippen LogP contribution in [0.3, 0.4) is 0 Å². The van der Waals surface area contributed by atoms with E-state index in [1.165, 1.54) is 24.0 Å². The molecule has 1 aromatic carbocycles. The van der Waals surface area contributed by atoms with Crippen molar-refractivity contribution in [3.63, 3.8) is 0 Å². The number of nitrogens with zero attached hydrogens (tertiary/aromatic N) is 1. The van der Waals surface area contributed by atoms with E-state index in [0.717, 1.165) is 55.4 Å². The van der Waals surface area contributed by atoms with E-state index in [-0.39, 0.29) is 17.4 Å². The van der Waals surface area contributed by atoms with Crippen molar-refractivity contribution in [2.45, 2.75) is 76.8 Å². The Bertz CT molecular complexity index is 1060. The van der Waals surface area contributed by atoms with Gasteiger partial charge in [-0.25, -0.2) is 0 Å². The molecule has 2 aliphatic carbocycles. The van der Waals surface area contributed by atoms with Crippen LogP contribution in [-0.2, 0) is 22.4 Å². The lowest BCUT2D eigenvalue weighted by Gasteiger charge is -2.35. The van der Waals surface area contributed by atoms with Crippen LogP contribution in [0.2, 0.25) is 0 Å². The third-order valence-corrected chi connectivity index (χ3v) is 8.29. The van der Waals surface area contributed by atoms with Gasteiger partial charge in [-0.1, -0.05) is 31.4 Å². The first kappa shape index (κ1) is 20.5. The highest BCUT2D eigenvalue weighted by atomic mass is 32.1. The van der Waals surface area contributed by atoms with Crippen molar-refractivity contribution in [2.24, 2.45) is 0 Å². The summed E-state index contributed by atoms with van der Waals surface area (Å²) in [7, 11) is 0. The van der Waals surface area contributed by atoms with E-state index in [1.54, 1.807) is 16.2 Å². The Morgan fingerprint density at radius 3 is 2.45 bits per heavy atom. The quantitative estimate of drug-likeness (QED) is 0.383. The third-order valence-electron chi connectivity index (χ3n) is 7.22. The number of likely N-dealkylation sites (tertiary alicyclic amines) is 1. The van der Waals surface area contributed by atoms with Gasteiger partial charge in [-0.05, 0) is 79.7 Å². The van der Waals surface area contributed by atoms with Gasteiger partial charge in [0.2, 0.25) is 0 Å². The van der Waals surface area contributed by atoms with Gasteiger partial charge in [0.25, 0.3) is 11.7 Å². The lowest BCUT2D eigenvalue weighted by atomic mass is 9.89. The number of aliphatic hydroxyl groups is 1. The SMILES string of the molecule is Cc1ccsc1C1/C(=C(/O)c2ccc3c(c2)CCCC3)C(=O)C(=O)N1C1CCCCC1. The average Bonchev–Trinajstić information content (AvgIpc) is 3.34. The predicted octanol–water partition coefficient (Wildman–Crippen LogP) is 5.69. The van der Waals surface area contributed by atoms with Crippen molar-refractivity contribution >= 4 is 28.8 Å². The maximum absolute atomic E-state index is 13.3. The van der Waals surface area contributed by atoms with Gasteiger partial charge < -0.3 is 10.0 Å². The molecular weight excluding hydrogens is 406 g/mol. The van der Waals surface area contributed by atoms with Crippen LogP contribution >= 0.6 is 11.3 Å². The van der Waals surface area contributed by atoms with Crippen LogP contribution in [0.4, 0.5) is 0 Å². The molecule has 1 amide bonds. The van der Waals surface area contributed by atoms with Crippen LogP contribution in [0, 0.1) is 6.92 Å². The smallest absolute Gasteiger partial charge is 0.295 e. The number of aliphatic hydroxyl groups excluding tert-OH is 1. The van der Waals surface area contributed by atoms with E-state index >= 15 is 0 Å². The zero-order valence-electron chi connectivity index (χ0n) is 18.0. The molecule has 0 radical (unpaired) electrons. The van der Waals surface area contributed by atoms with Crippen LogP contribution in [0.5, 0.6) is 0 Å². The summed E-state index contributed by atoms with van der Waals surface area (Å²) in [5.41, 5.74) is 4.56. The molecule has 5 rings (SSSR count). The minimum Gasteiger partial charge on any atom is -0.507 e. The molecule has 4 nitrogen and oxygen atoms in total. The van der Waals surface area contributed by atoms with Crippen LogP contribution in [0.25, 0.3) is 5.76 Å². The molecule has 162 valence electrons. The topological polar surface area (TPSA) is 57.6 Å². The summed E-state index contributed by atoms with van der Waals surface area (Å²) in [6.07, 6.45) is 9.60. The lowest BCUT2D eigenvalue weighted by Crippen LogP contribution is -2.40. The second-order valence-corrected chi connectivity index (χ2v) is 10.1. The third kappa shape index (κ3) is 3.53. The number of Topliss-reactive ketones (excluding diaryl/α,β-unsaturated/α-hetero) is 1. The molecule has 1 saturated heterocycles. The van der Waals surface area contributed by atoms with Gasteiger partial charge in [-0.2, -0.15) is 0 Å². The molecule has 1 saturated carbocycles. The Morgan fingerprint density at radius 2 is 1.74 bits per heavy atom. The molecule has 1 aliphatic heterocycles. The first-order valence-electron chi connectivity index (χ1n) is 11.5. The van der Waals surface area contributed by atoms with E-state index in [1.807, 2.05) is 30.5 Å². The van der Waals surface area contributed by atoms with E-state index < -0.39 is 17.7 Å². The van der Waals surface area contributed by atoms with E-state index in [0.29, 0.717) is 5.56 Å². The van der Waals surface area contributed by atoms with Crippen LogP contribution in [-0.4, -0.2) is 27.7 Å². The van der Waals surface area contributed by atoms with E-state index in [4.69, 9.17) is 0 Å². The monoisotopic (exact) mass is 435 g/mol. The number of rotatable bonds is 3. The standard InChI is InChI=1S/C26H29NO3S/c1-16-13-14-31-25(16)22-21(24(29)26(30)27(22)20-9-3-2-4-10-20)23(28)19-12-11-17-7-5-6-8-18(17)15-19/h11-15,20,22,28H,2-10H2,1H3/b23-21-. The molecule has 2 heterocycles. The molecule has 1 atom stereocenters. The number of amides is 1. The molecule has 0 bridgehead atoms. The van der Waals surface area contributed by atoms with E-state index in [9.17, 15) is 14.7 Å². The van der Waals surface area contributed by atoms with E-state index in [2.05, 4.69) is 6.07 Å². The first-order chi connectivity index (χ1) is 15.1. The summed E-state index contributed by atoms with van der Waals surface area (Å²) in [6.45, 7) is 2.02. The number of thiophene rings is 1. The normalized spacial score (nSPS) is 23.9. The summed E-state index contributed by atoms with van der Waals surface area (Å²) < 4.78 is 0. The second kappa shape index (κ2) is 8.27. The summed E-state index contributed by atoms with van der Waals surface area (Å²) in [5, 5.41) is 13.4. The summed E-state index contributed by atoms with van der Waals surface area (Å²) in [4.78, 5) is 29.3. The van der Waals surface area contributed by atoms with Crippen molar-refractivity contribution in [3.8, 4) is 0 Å². The molecule has 1 aromatic heterocycles. The Labute approximate surface area is 187 Å². The number of hydrogen-bond donors (Lipinski definition) is 1. The molecule has 5 heteroatoms. The van der Waals surface area contributed by atoms with Gasteiger partial charge in [-0.3, -0.25) is 9.59 Å². The highest BCUT2D eigenvalue weighted by molar-refractivity contribution is 7.10. The number of carbonyl (C=O) groups is 2. The fourth-order valence-corrected chi connectivity index (χ4v) is 6.58. The van der Waals surface area contributed by atoms with Gasteiger partial charge in [0.1, 0.15) is 11.8 Å². The Hall–Kier alpha value is -2.40. The number of fused-ring (bicyclic) bond motifs is 1. The summed E-state index contributed by atoms with van der Waals surface area (Å²) >= 11 is 1.57. The summed E-state index contributed by atoms with van der Waals surface area (Å²) in [5.74, 6) is -1.02. The molecule has 2 aromatic rings. The van der Waals surface area contributed by atoms with Crippen molar-refractivity contribution in [3.05, 3.63) is 62.3 Å². The van der Waals surface area contributed by atoms with Crippen LogP contribution in [0.1, 0.15) is 78.1 Å². The average molecular weight is 436 g/mol. The van der Waals surface area contributed by atoms with Crippen LogP contribution < -0.4 is 0 Å². The Kier molecular flexibility index (Phi) is 5.47. The molecule has 1 N–H and O–H groups in total. The number of hydrogen-bond acceptors (Lipinski definition) is 4. The minimum absolute atomic E-state index is 0.0252. The molecule has 1 unspecified atom stereocenters.